The fourth-order valence-corrected chi connectivity index (χ4v) is 2.98. The van der Waals surface area contributed by atoms with E-state index in [2.05, 4.69) is 5.32 Å². The lowest BCUT2D eigenvalue weighted by Crippen LogP contribution is -2.15. The van der Waals surface area contributed by atoms with Crippen molar-refractivity contribution in [3.05, 3.63) is 41.0 Å². The van der Waals surface area contributed by atoms with Gasteiger partial charge in [-0.05, 0) is 17.7 Å². The summed E-state index contributed by atoms with van der Waals surface area (Å²) in [6.07, 6.45) is -0.519. The van der Waals surface area contributed by atoms with Crippen molar-refractivity contribution in [1.82, 2.24) is 0 Å². The van der Waals surface area contributed by atoms with Crippen molar-refractivity contribution >= 4 is 34.2 Å². The summed E-state index contributed by atoms with van der Waals surface area (Å²) in [7, 11) is 1.21. The molecule has 126 valence electrons. The molecular weight excluding hydrogens is 337 g/mol. The van der Waals surface area contributed by atoms with E-state index in [0.29, 0.717) is 11.1 Å². The molecule has 8 heteroatoms. The van der Waals surface area contributed by atoms with Crippen LogP contribution in [-0.2, 0) is 14.3 Å². The van der Waals surface area contributed by atoms with Crippen molar-refractivity contribution in [2.75, 3.05) is 12.4 Å². The first-order chi connectivity index (χ1) is 11.4. The Balaban J connectivity index is 2.32. The van der Waals surface area contributed by atoms with Gasteiger partial charge in [0.2, 0.25) is 5.91 Å². The second-order valence-corrected chi connectivity index (χ2v) is 5.67. The van der Waals surface area contributed by atoms with E-state index < -0.39 is 23.7 Å². The number of carboxylic acids is 1. The van der Waals surface area contributed by atoms with Crippen LogP contribution in [-0.4, -0.2) is 30.1 Å². The van der Waals surface area contributed by atoms with Crippen LogP contribution in [0.4, 0.5) is 9.39 Å². The van der Waals surface area contributed by atoms with Gasteiger partial charge in [-0.25, -0.2) is 9.18 Å². The van der Waals surface area contributed by atoms with E-state index in [0.717, 1.165) is 11.3 Å². The lowest BCUT2D eigenvalue weighted by Gasteiger charge is -2.07. The van der Waals surface area contributed by atoms with Gasteiger partial charge in [0.15, 0.2) is 0 Å². The fourth-order valence-electron chi connectivity index (χ4n) is 2.01. The number of hydrogen-bond donors (Lipinski definition) is 2. The van der Waals surface area contributed by atoms with Crippen molar-refractivity contribution in [3.63, 3.8) is 0 Å². The predicted molar refractivity (Wildman–Crippen MR) is 86.6 cm³/mol. The van der Waals surface area contributed by atoms with Crippen LogP contribution in [0.2, 0.25) is 0 Å². The van der Waals surface area contributed by atoms with Gasteiger partial charge in [-0.15, -0.1) is 11.3 Å². The molecule has 0 aliphatic heterocycles. The molecule has 0 saturated carbocycles. The van der Waals surface area contributed by atoms with E-state index in [4.69, 9.17) is 9.84 Å². The first-order valence-corrected chi connectivity index (χ1v) is 7.77. The molecule has 1 aromatic carbocycles. The molecule has 6 nitrogen and oxygen atoms in total. The van der Waals surface area contributed by atoms with Gasteiger partial charge in [0.1, 0.15) is 16.4 Å². The van der Waals surface area contributed by atoms with Crippen LogP contribution < -0.4 is 5.32 Å². The Labute approximate surface area is 140 Å². The van der Waals surface area contributed by atoms with Gasteiger partial charge in [0, 0.05) is 17.4 Å². The van der Waals surface area contributed by atoms with Crippen molar-refractivity contribution < 1.29 is 28.6 Å². The van der Waals surface area contributed by atoms with Crippen LogP contribution in [0.25, 0.3) is 11.1 Å². The molecule has 24 heavy (non-hydrogen) atoms. The van der Waals surface area contributed by atoms with Crippen molar-refractivity contribution in [2.45, 2.75) is 12.8 Å². The molecule has 2 rings (SSSR count). The number of halogens is 1. The van der Waals surface area contributed by atoms with Crippen LogP contribution in [0.3, 0.4) is 0 Å². The highest BCUT2D eigenvalue weighted by Crippen LogP contribution is 2.36. The van der Waals surface area contributed by atoms with Crippen LogP contribution >= 0.6 is 11.3 Å². The number of carboxylic acid groups (broad SMARTS) is 1. The summed E-state index contributed by atoms with van der Waals surface area (Å²) < 4.78 is 17.8. The maximum atomic E-state index is 13.1. The quantitative estimate of drug-likeness (QED) is 0.780. The molecule has 0 fully saturated rings. The zero-order valence-corrected chi connectivity index (χ0v) is 13.5. The zero-order valence-electron chi connectivity index (χ0n) is 12.7. The van der Waals surface area contributed by atoms with Crippen molar-refractivity contribution in [1.29, 1.82) is 0 Å². The third kappa shape index (κ3) is 4.17. The molecule has 0 bridgehead atoms. The second-order valence-electron chi connectivity index (χ2n) is 4.79. The van der Waals surface area contributed by atoms with Crippen molar-refractivity contribution in [3.8, 4) is 11.1 Å². The molecule has 0 radical (unpaired) electrons. The standard InChI is InChI=1S/C16H14FNO5S/c1-23-16(22)14-11(9-2-4-10(17)5-3-9)8-24-15(14)18-12(19)6-7-13(20)21/h2-5,8H,6-7H2,1H3,(H,18,19)(H,20,21). The van der Waals surface area contributed by atoms with Gasteiger partial charge in [0.05, 0.1) is 13.5 Å². The molecule has 1 aromatic heterocycles. The molecule has 1 heterocycles. The smallest absolute Gasteiger partial charge is 0.341 e. The summed E-state index contributed by atoms with van der Waals surface area (Å²) in [6, 6.07) is 5.55. The van der Waals surface area contributed by atoms with Gasteiger partial charge in [-0.3, -0.25) is 9.59 Å². The van der Waals surface area contributed by atoms with E-state index in [9.17, 15) is 18.8 Å². The zero-order chi connectivity index (χ0) is 17.7. The Bertz CT molecular complexity index is 769. The summed E-state index contributed by atoms with van der Waals surface area (Å²) in [5.41, 5.74) is 1.25. The third-order valence-electron chi connectivity index (χ3n) is 3.15. The number of rotatable bonds is 6. The Morgan fingerprint density at radius 2 is 1.88 bits per heavy atom. The molecule has 0 atom stereocenters. The van der Waals surface area contributed by atoms with E-state index in [1.807, 2.05) is 0 Å². The van der Waals surface area contributed by atoms with E-state index in [1.54, 1.807) is 5.38 Å². The van der Waals surface area contributed by atoms with Gasteiger partial charge in [-0.1, -0.05) is 12.1 Å². The molecule has 2 N–H and O–H groups in total. The number of hydrogen-bond acceptors (Lipinski definition) is 5. The summed E-state index contributed by atoms with van der Waals surface area (Å²) in [5, 5.41) is 13.0. The predicted octanol–water partition coefficient (Wildman–Crippen LogP) is 3.14. The number of ether oxygens (including phenoxy) is 1. The number of esters is 1. The monoisotopic (exact) mass is 351 g/mol. The van der Waals surface area contributed by atoms with Crippen LogP contribution in [0, 0.1) is 5.82 Å². The minimum atomic E-state index is -1.09. The van der Waals surface area contributed by atoms with Gasteiger partial charge < -0.3 is 15.2 Å². The number of methoxy groups -OCH3 is 1. The number of aliphatic carboxylic acids is 1. The Hall–Kier alpha value is -2.74. The molecule has 0 unspecified atom stereocenters. The van der Waals surface area contributed by atoms with Crippen LogP contribution in [0.1, 0.15) is 23.2 Å². The topological polar surface area (TPSA) is 92.7 Å². The third-order valence-corrected chi connectivity index (χ3v) is 4.05. The molecular formula is C16H14FNO5S. The number of thiophene rings is 1. The Morgan fingerprint density at radius 3 is 2.46 bits per heavy atom. The van der Waals surface area contributed by atoms with E-state index in [-0.39, 0.29) is 23.4 Å². The van der Waals surface area contributed by atoms with Gasteiger partial charge in [0.25, 0.3) is 0 Å². The number of benzene rings is 1. The van der Waals surface area contributed by atoms with E-state index in [1.165, 1.54) is 31.4 Å². The largest absolute Gasteiger partial charge is 0.481 e. The summed E-state index contributed by atoms with van der Waals surface area (Å²) in [5.74, 6) is -2.66. The molecule has 0 spiro atoms. The Morgan fingerprint density at radius 1 is 1.21 bits per heavy atom. The molecule has 0 aliphatic carbocycles. The van der Waals surface area contributed by atoms with Gasteiger partial charge in [-0.2, -0.15) is 0 Å². The number of carbonyl (C=O) groups excluding carboxylic acids is 2. The van der Waals surface area contributed by atoms with Crippen LogP contribution in [0.15, 0.2) is 29.6 Å². The summed E-state index contributed by atoms with van der Waals surface area (Å²) in [6.45, 7) is 0. The fraction of sp³-hybridized carbons (Fsp3) is 0.188. The Kier molecular flexibility index (Phi) is 5.64. The maximum Gasteiger partial charge on any atom is 0.341 e. The molecule has 0 saturated heterocycles. The average molecular weight is 351 g/mol. The first kappa shape index (κ1) is 17.6. The minimum Gasteiger partial charge on any atom is -0.481 e. The average Bonchev–Trinajstić information content (AvgIpc) is 2.96. The second kappa shape index (κ2) is 7.69. The number of amides is 1. The molecule has 0 aliphatic rings. The SMILES string of the molecule is COC(=O)c1c(-c2ccc(F)cc2)csc1NC(=O)CCC(=O)O. The highest BCUT2D eigenvalue weighted by molar-refractivity contribution is 7.15. The lowest BCUT2D eigenvalue weighted by atomic mass is 10.0. The number of nitrogens with one attached hydrogen (secondary N) is 1. The normalized spacial score (nSPS) is 10.2. The highest BCUT2D eigenvalue weighted by atomic mass is 32.1. The molecule has 2 aromatic rings. The summed E-state index contributed by atoms with van der Waals surface area (Å²) in [4.78, 5) is 34.4. The molecule has 1 amide bonds. The van der Waals surface area contributed by atoms with Gasteiger partial charge >= 0.3 is 11.9 Å². The maximum absolute atomic E-state index is 13.1. The lowest BCUT2D eigenvalue weighted by molar-refractivity contribution is -0.138. The number of carbonyl (C=O) groups is 3. The first-order valence-electron chi connectivity index (χ1n) is 6.89. The number of anilines is 1. The van der Waals surface area contributed by atoms with Crippen LogP contribution in [0.5, 0.6) is 0 Å². The summed E-state index contributed by atoms with van der Waals surface area (Å²) >= 11 is 1.11. The minimum absolute atomic E-state index is 0.151. The highest BCUT2D eigenvalue weighted by Gasteiger charge is 2.22. The van der Waals surface area contributed by atoms with Crippen molar-refractivity contribution in [2.24, 2.45) is 0 Å². The van der Waals surface area contributed by atoms with E-state index >= 15 is 0 Å².